The maximum Gasteiger partial charge on any atom is 0.254 e. The zero-order valence-corrected chi connectivity index (χ0v) is 17.2. The fraction of sp³-hybridized carbons (Fsp3) is 0.714. The summed E-state index contributed by atoms with van der Waals surface area (Å²) in [7, 11) is 0. The van der Waals surface area contributed by atoms with E-state index in [-0.39, 0.29) is 23.2 Å². The molecule has 30 heavy (non-hydrogen) atoms. The van der Waals surface area contributed by atoms with Gasteiger partial charge in [0.25, 0.3) is 5.91 Å². The Morgan fingerprint density at radius 1 is 1.20 bits per heavy atom. The molecule has 2 saturated carbocycles. The van der Waals surface area contributed by atoms with Gasteiger partial charge in [-0.2, -0.15) is 10.4 Å². The van der Waals surface area contributed by atoms with Gasteiger partial charge in [-0.3, -0.25) is 14.3 Å². The normalized spacial score (nSPS) is 27.4. The highest BCUT2D eigenvalue weighted by Crippen LogP contribution is 2.39. The highest BCUT2D eigenvalue weighted by molar-refractivity contribution is 6.02. The molecule has 4 rings (SSSR count). The first-order valence-electron chi connectivity index (χ1n) is 10.9. The molecule has 0 radical (unpaired) electrons. The number of anilines is 1. The van der Waals surface area contributed by atoms with Gasteiger partial charge < -0.3 is 21.1 Å². The van der Waals surface area contributed by atoms with Gasteiger partial charge in [0.05, 0.1) is 18.0 Å². The molecule has 1 aliphatic heterocycles. The minimum Gasteiger partial charge on any atom is -0.381 e. The molecule has 1 saturated heterocycles. The molecule has 1 aromatic heterocycles. The maximum atomic E-state index is 12.2. The lowest BCUT2D eigenvalue weighted by atomic mass is 9.77. The van der Waals surface area contributed by atoms with Crippen molar-refractivity contribution in [3.8, 4) is 6.07 Å². The summed E-state index contributed by atoms with van der Waals surface area (Å²) in [4.78, 5) is 24.1. The van der Waals surface area contributed by atoms with E-state index in [2.05, 4.69) is 21.8 Å². The molecule has 9 nitrogen and oxygen atoms in total. The Morgan fingerprint density at radius 3 is 2.47 bits per heavy atom. The van der Waals surface area contributed by atoms with Crippen LogP contribution in [0, 0.1) is 17.2 Å². The van der Waals surface area contributed by atoms with E-state index in [1.807, 2.05) is 0 Å². The summed E-state index contributed by atoms with van der Waals surface area (Å²) in [6.45, 7) is 1.61. The Labute approximate surface area is 176 Å². The molecule has 0 unspecified atom stereocenters. The van der Waals surface area contributed by atoms with Gasteiger partial charge in [-0.15, -0.1) is 0 Å². The van der Waals surface area contributed by atoms with E-state index in [1.165, 1.54) is 0 Å². The van der Waals surface area contributed by atoms with E-state index >= 15 is 0 Å². The van der Waals surface area contributed by atoms with Crippen molar-refractivity contribution in [1.29, 1.82) is 5.26 Å². The van der Waals surface area contributed by atoms with Crippen LogP contribution in [0.5, 0.6) is 0 Å². The number of aromatic nitrogens is 2. The molecule has 3 fully saturated rings. The van der Waals surface area contributed by atoms with Crippen molar-refractivity contribution >= 4 is 17.6 Å². The van der Waals surface area contributed by atoms with Crippen molar-refractivity contribution in [2.24, 2.45) is 11.7 Å². The number of hydrogen-bond acceptors (Lipinski definition) is 6. The number of nitrogens with one attached hydrogen (secondary N) is 2. The summed E-state index contributed by atoms with van der Waals surface area (Å²) in [5.41, 5.74) is 5.25. The number of rotatable bonds is 7. The van der Waals surface area contributed by atoms with Crippen molar-refractivity contribution in [2.75, 3.05) is 18.5 Å². The van der Waals surface area contributed by atoms with Crippen LogP contribution in [0.4, 0.5) is 5.82 Å². The maximum absolute atomic E-state index is 12.2. The van der Waals surface area contributed by atoms with Gasteiger partial charge in [-0.25, -0.2) is 0 Å². The van der Waals surface area contributed by atoms with Crippen LogP contribution in [0.1, 0.15) is 68.1 Å². The summed E-state index contributed by atoms with van der Waals surface area (Å²) < 4.78 is 7.15. The molecule has 0 atom stereocenters. The fourth-order valence-electron chi connectivity index (χ4n) is 4.61. The molecule has 162 valence electrons. The average Bonchev–Trinajstić information content (AvgIpc) is 3.51. The smallest absolute Gasteiger partial charge is 0.254 e. The topological polar surface area (TPSA) is 135 Å². The molecule has 2 aliphatic carbocycles. The van der Waals surface area contributed by atoms with Crippen molar-refractivity contribution in [1.82, 2.24) is 15.1 Å². The number of primary amides is 1. The second-order valence-corrected chi connectivity index (χ2v) is 8.85. The van der Waals surface area contributed by atoms with Crippen LogP contribution in [0.2, 0.25) is 0 Å². The summed E-state index contributed by atoms with van der Waals surface area (Å²) in [5, 5.41) is 20.5. The Kier molecular flexibility index (Phi) is 6.06. The molecule has 2 amide bonds. The third-order valence-electron chi connectivity index (χ3n) is 6.67. The highest BCUT2D eigenvalue weighted by Gasteiger charge is 2.40. The Hall–Kier alpha value is -2.44. The van der Waals surface area contributed by atoms with Crippen LogP contribution in [-0.2, 0) is 15.1 Å². The molecule has 4 N–H and O–H groups in total. The van der Waals surface area contributed by atoms with Crippen LogP contribution in [0.15, 0.2) is 6.20 Å². The first-order chi connectivity index (χ1) is 14.5. The molecular formula is C21H30N6O3. The van der Waals surface area contributed by atoms with Crippen molar-refractivity contribution in [3.63, 3.8) is 0 Å². The molecule has 0 bridgehead atoms. The number of nitriles is 1. The van der Waals surface area contributed by atoms with Crippen LogP contribution < -0.4 is 16.4 Å². The molecule has 1 aromatic rings. The van der Waals surface area contributed by atoms with Gasteiger partial charge in [0.1, 0.15) is 5.56 Å². The van der Waals surface area contributed by atoms with Crippen LogP contribution in [0.3, 0.4) is 0 Å². The van der Waals surface area contributed by atoms with Crippen LogP contribution in [0.25, 0.3) is 0 Å². The number of hydrogen-bond donors (Lipinski definition) is 3. The lowest BCUT2D eigenvalue weighted by Crippen LogP contribution is -2.47. The number of ether oxygens (including phenoxy) is 1. The Bertz CT molecular complexity index is 826. The molecular weight excluding hydrogens is 384 g/mol. The quantitative estimate of drug-likeness (QED) is 0.621. The van der Waals surface area contributed by atoms with E-state index in [9.17, 15) is 14.9 Å². The number of amides is 2. The highest BCUT2D eigenvalue weighted by atomic mass is 16.5. The van der Waals surface area contributed by atoms with Crippen LogP contribution in [-0.4, -0.2) is 46.9 Å². The Balaban J connectivity index is 1.49. The largest absolute Gasteiger partial charge is 0.381 e. The summed E-state index contributed by atoms with van der Waals surface area (Å²) >= 11 is 0. The number of carbonyl (C=O) groups is 2. The molecule has 0 spiro atoms. The van der Waals surface area contributed by atoms with Crippen molar-refractivity contribution in [3.05, 3.63) is 11.8 Å². The lowest BCUT2D eigenvalue weighted by Gasteiger charge is -2.40. The number of nitrogens with zero attached hydrogens (tertiary/aromatic N) is 3. The first-order valence-corrected chi connectivity index (χ1v) is 10.9. The van der Waals surface area contributed by atoms with E-state index in [0.29, 0.717) is 18.5 Å². The summed E-state index contributed by atoms with van der Waals surface area (Å²) in [6.07, 6.45) is 9.09. The second-order valence-electron chi connectivity index (χ2n) is 8.85. The first kappa shape index (κ1) is 20.8. The third kappa shape index (κ3) is 4.50. The molecule has 9 heteroatoms. The van der Waals surface area contributed by atoms with Crippen LogP contribution >= 0.6 is 0 Å². The molecule has 0 aromatic carbocycles. The molecule has 3 aliphatic rings. The Morgan fingerprint density at radius 2 is 1.87 bits per heavy atom. The predicted octanol–water partition coefficient (Wildman–Crippen LogP) is 1.65. The van der Waals surface area contributed by atoms with Crippen molar-refractivity contribution in [2.45, 2.75) is 75.4 Å². The van der Waals surface area contributed by atoms with Gasteiger partial charge in [-0.1, -0.05) is 0 Å². The minimum absolute atomic E-state index is 0.00403. The van der Waals surface area contributed by atoms with E-state index in [0.717, 1.165) is 64.6 Å². The lowest BCUT2D eigenvalue weighted by molar-refractivity contribution is -0.117. The van der Waals surface area contributed by atoms with Crippen molar-refractivity contribution < 1.29 is 14.3 Å². The monoisotopic (exact) mass is 414 g/mol. The number of carbonyl (C=O) groups excluding carboxylic acids is 2. The fourth-order valence-corrected chi connectivity index (χ4v) is 4.61. The van der Waals surface area contributed by atoms with E-state index in [1.54, 1.807) is 10.9 Å². The number of nitrogens with two attached hydrogens (primary N) is 1. The zero-order valence-electron chi connectivity index (χ0n) is 17.2. The third-order valence-corrected chi connectivity index (χ3v) is 6.67. The van der Waals surface area contributed by atoms with Gasteiger partial charge in [-0.05, 0) is 51.4 Å². The summed E-state index contributed by atoms with van der Waals surface area (Å²) in [5.74, 6) is -0.550. The van der Waals surface area contributed by atoms with E-state index in [4.69, 9.17) is 10.5 Å². The SMILES string of the molecule is N#CC[C@]1(n2cc(C(N)=O)c(NC(=O)C3CC3)n2)CC[C@@H](NC2CCOCC2)CC1. The van der Waals surface area contributed by atoms with Gasteiger partial charge in [0.15, 0.2) is 5.82 Å². The van der Waals surface area contributed by atoms with Gasteiger partial charge >= 0.3 is 0 Å². The molecule has 2 heterocycles. The standard InChI is InChI=1S/C21H30N6O3/c22-10-9-21(7-3-15(4-8-21)24-16-5-11-30-12-6-16)27-13-17(18(23)28)19(26-27)25-20(29)14-1-2-14/h13-16,24H,1-9,11-12H2,(H2,23,28)(H,25,26,29)/t15-,21+. The predicted molar refractivity (Wildman–Crippen MR) is 110 cm³/mol. The van der Waals surface area contributed by atoms with Gasteiger partial charge in [0, 0.05) is 37.4 Å². The zero-order chi connectivity index (χ0) is 21.1. The van der Waals surface area contributed by atoms with E-state index < -0.39 is 11.4 Å². The minimum atomic E-state index is -0.630. The average molecular weight is 415 g/mol. The second kappa shape index (κ2) is 8.74. The summed E-state index contributed by atoms with van der Waals surface area (Å²) in [6, 6.07) is 3.19. The van der Waals surface area contributed by atoms with Gasteiger partial charge in [0.2, 0.25) is 5.91 Å².